The number of ether oxygens (including phenoxy) is 1. The van der Waals surface area contributed by atoms with E-state index in [2.05, 4.69) is 20.8 Å². The van der Waals surface area contributed by atoms with Crippen molar-refractivity contribution >= 4 is 18.3 Å². The molecule has 8 heteroatoms. The summed E-state index contributed by atoms with van der Waals surface area (Å²) in [6.45, 7) is 6.88. The van der Waals surface area contributed by atoms with Crippen molar-refractivity contribution in [3.8, 4) is 17.1 Å². The van der Waals surface area contributed by atoms with Crippen LogP contribution in [0.4, 0.5) is 0 Å². The van der Waals surface area contributed by atoms with Crippen LogP contribution in [0.2, 0.25) is 0 Å². The summed E-state index contributed by atoms with van der Waals surface area (Å²) in [6.07, 6.45) is 0.758. The molecule has 2 aromatic rings. The Balaban J connectivity index is 0.00000312. The van der Waals surface area contributed by atoms with E-state index in [0.29, 0.717) is 37.7 Å². The highest BCUT2D eigenvalue weighted by Gasteiger charge is 2.10. The van der Waals surface area contributed by atoms with Gasteiger partial charge in [-0.15, -0.1) is 12.4 Å². The minimum absolute atomic E-state index is 0. The van der Waals surface area contributed by atoms with Gasteiger partial charge in [0.1, 0.15) is 5.75 Å². The van der Waals surface area contributed by atoms with Crippen molar-refractivity contribution in [2.24, 2.45) is 0 Å². The number of aryl methyl sites for hydroxylation is 1. The zero-order valence-corrected chi connectivity index (χ0v) is 15.4. The smallest absolute Gasteiger partial charge is 0.227 e. The molecule has 0 bridgehead atoms. The zero-order valence-electron chi connectivity index (χ0n) is 14.6. The number of nitrogens with zero attached hydrogens (tertiary/aromatic N) is 2. The third kappa shape index (κ3) is 7.11. The Morgan fingerprint density at radius 3 is 2.64 bits per heavy atom. The molecular weight excluding hydrogens is 344 g/mol. The van der Waals surface area contributed by atoms with E-state index in [-0.39, 0.29) is 18.3 Å². The Morgan fingerprint density at radius 1 is 1.20 bits per heavy atom. The summed E-state index contributed by atoms with van der Waals surface area (Å²) in [7, 11) is 0. The molecule has 2 N–H and O–H groups in total. The Bertz CT molecular complexity index is 631. The fourth-order valence-corrected chi connectivity index (χ4v) is 2.12. The highest BCUT2D eigenvalue weighted by Crippen LogP contribution is 2.20. The van der Waals surface area contributed by atoms with Crippen LogP contribution in [0.5, 0.6) is 5.75 Å². The largest absolute Gasteiger partial charge is 0.494 e. The molecule has 1 aromatic heterocycles. The lowest BCUT2D eigenvalue weighted by Crippen LogP contribution is -2.31. The minimum Gasteiger partial charge on any atom is -0.494 e. The molecule has 0 spiro atoms. The second-order valence-electron chi connectivity index (χ2n) is 5.17. The van der Waals surface area contributed by atoms with Crippen molar-refractivity contribution in [2.75, 3.05) is 26.2 Å². The topological polar surface area (TPSA) is 89.3 Å². The van der Waals surface area contributed by atoms with Gasteiger partial charge in [-0.25, -0.2) is 0 Å². The van der Waals surface area contributed by atoms with E-state index in [1.807, 2.05) is 38.1 Å². The third-order valence-corrected chi connectivity index (χ3v) is 3.33. The average Bonchev–Trinajstić information content (AvgIpc) is 3.07. The molecule has 0 unspecified atom stereocenters. The van der Waals surface area contributed by atoms with Crippen LogP contribution in [0.25, 0.3) is 11.4 Å². The van der Waals surface area contributed by atoms with Gasteiger partial charge in [0.05, 0.1) is 6.61 Å². The second-order valence-corrected chi connectivity index (χ2v) is 5.17. The second kappa shape index (κ2) is 11.4. The number of benzene rings is 1. The highest BCUT2D eigenvalue weighted by molar-refractivity contribution is 5.85. The van der Waals surface area contributed by atoms with E-state index < -0.39 is 0 Å². The number of amides is 1. The molecular formula is C17H25ClN4O3. The van der Waals surface area contributed by atoms with E-state index in [1.54, 1.807) is 0 Å². The SMILES string of the molecule is CCNCCNC(=O)CCc1nc(-c2ccc(OCC)cc2)no1.Cl. The number of nitrogens with one attached hydrogen (secondary N) is 2. The normalized spacial score (nSPS) is 10.2. The standard InChI is InChI=1S/C17H24N4O3.ClH/c1-3-18-11-12-19-15(22)9-10-16-20-17(21-24-16)13-5-7-14(8-6-13)23-4-2;/h5-8,18H,3-4,9-12H2,1-2H3,(H,19,22);1H. The summed E-state index contributed by atoms with van der Waals surface area (Å²) in [4.78, 5) is 16.0. The van der Waals surface area contributed by atoms with Gasteiger partial charge in [0.15, 0.2) is 0 Å². The first-order valence-corrected chi connectivity index (χ1v) is 8.26. The van der Waals surface area contributed by atoms with Gasteiger partial charge in [0.25, 0.3) is 0 Å². The van der Waals surface area contributed by atoms with Crippen LogP contribution in [0, 0.1) is 0 Å². The lowest BCUT2D eigenvalue weighted by Gasteiger charge is -2.04. The molecule has 0 fully saturated rings. The maximum Gasteiger partial charge on any atom is 0.227 e. The predicted octanol–water partition coefficient (Wildman–Crippen LogP) is 2.22. The summed E-state index contributed by atoms with van der Waals surface area (Å²) in [6, 6.07) is 7.50. The molecule has 138 valence electrons. The van der Waals surface area contributed by atoms with E-state index in [1.165, 1.54) is 0 Å². The van der Waals surface area contributed by atoms with Crippen LogP contribution in [0.3, 0.4) is 0 Å². The maximum atomic E-state index is 11.7. The summed E-state index contributed by atoms with van der Waals surface area (Å²) in [5.41, 5.74) is 0.851. The van der Waals surface area contributed by atoms with Crippen LogP contribution in [0.15, 0.2) is 28.8 Å². The lowest BCUT2D eigenvalue weighted by atomic mass is 10.2. The number of aromatic nitrogens is 2. The van der Waals surface area contributed by atoms with Crippen LogP contribution in [0.1, 0.15) is 26.2 Å². The first-order chi connectivity index (χ1) is 11.7. The van der Waals surface area contributed by atoms with E-state index in [0.717, 1.165) is 24.4 Å². The Kier molecular flexibility index (Phi) is 9.57. The molecule has 0 saturated heterocycles. The Labute approximate surface area is 153 Å². The molecule has 0 aliphatic carbocycles. The van der Waals surface area contributed by atoms with Crippen LogP contribution >= 0.6 is 12.4 Å². The van der Waals surface area contributed by atoms with Gasteiger partial charge < -0.3 is 19.9 Å². The first-order valence-electron chi connectivity index (χ1n) is 8.26. The molecule has 0 aliphatic rings. The summed E-state index contributed by atoms with van der Waals surface area (Å²) < 4.78 is 10.6. The highest BCUT2D eigenvalue weighted by atomic mass is 35.5. The molecule has 0 saturated carbocycles. The molecule has 1 amide bonds. The monoisotopic (exact) mass is 368 g/mol. The molecule has 2 rings (SSSR count). The molecule has 1 heterocycles. The number of hydrogen-bond acceptors (Lipinski definition) is 6. The number of halogens is 1. The summed E-state index contributed by atoms with van der Waals surface area (Å²) in [5, 5.41) is 9.94. The average molecular weight is 369 g/mol. The van der Waals surface area contributed by atoms with Gasteiger partial charge in [-0.1, -0.05) is 12.1 Å². The third-order valence-electron chi connectivity index (χ3n) is 3.33. The molecule has 0 atom stereocenters. The molecule has 0 radical (unpaired) electrons. The van der Waals surface area contributed by atoms with Crippen molar-refractivity contribution in [2.45, 2.75) is 26.7 Å². The number of rotatable bonds is 10. The maximum absolute atomic E-state index is 11.7. The van der Waals surface area contributed by atoms with Gasteiger partial charge in [-0.3, -0.25) is 4.79 Å². The van der Waals surface area contributed by atoms with Crippen LogP contribution in [-0.4, -0.2) is 42.3 Å². The van der Waals surface area contributed by atoms with Crippen molar-refractivity contribution in [1.82, 2.24) is 20.8 Å². The van der Waals surface area contributed by atoms with Gasteiger partial charge >= 0.3 is 0 Å². The number of carbonyl (C=O) groups is 1. The van der Waals surface area contributed by atoms with Crippen molar-refractivity contribution in [3.63, 3.8) is 0 Å². The molecule has 1 aromatic carbocycles. The fraction of sp³-hybridized carbons (Fsp3) is 0.471. The van der Waals surface area contributed by atoms with Gasteiger partial charge in [-0.05, 0) is 37.7 Å². The van der Waals surface area contributed by atoms with E-state index >= 15 is 0 Å². The zero-order chi connectivity index (χ0) is 17.2. The predicted molar refractivity (Wildman–Crippen MR) is 98.0 cm³/mol. The number of hydrogen-bond donors (Lipinski definition) is 2. The van der Waals surface area contributed by atoms with Crippen LogP contribution < -0.4 is 15.4 Å². The fourth-order valence-electron chi connectivity index (χ4n) is 2.12. The van der Waals surface area contributed by atoms with Gasteiger partial charge in [0.2, 0.25) is 17.6 Å². The van der Waals surface area contributed by atoms with E-state index in [9.17, 15) is 4.79 Å². The summed E-state index contributed by atoms with van der Waals surface area (Å²) in [5.74, 6) is 1.76. The van der Waals surface area contributed by atoms with Crippen molar-refractivity contribution in [3.05, 3.63) is 30.2 Å². The van der Waals surface area contributed by atoms with Crippen molar-refractivity contribution < 1.29 is 14.1 Å². The number of carbonyl (C=O) groups excluding carboxylic acids is 1. The minimum atomic E-state index is -0.0197. The van der Waals surface area contributed by atoms with Gasteiger partial charge in [-0.2, -0.15) is 4.98 Å². The molecule has 0 aliphatic heterocycles. The van der Waals surface area contributed by atoms with Crippen LogP contribution in [-0.2, 0) is 11.2 Å². The summed E-state index contributed by atoms with van der Waals surface area (Å²) >= 11 is 0. The van der Waals surface area contributed by atoms with Gasteiger partial charge in [0, 0.05) is 31.5 Å². The Morgan fingerprint density at radius 2 is 1.96 bits per heavy atom. The number of likely N-dealkylation sites (N-methyl/N-ethyl adjacent to an activating group) is 1. The molecule has 25 heavy (non-hydrogen) atoms. The quantitative estimate of drug-likeness (QED) is 0.625. The van der Waals surface area contributed by atoms with Crippen molar-refractivity contribution in [1.29, 1.82) is 0 Å². The van der Waals surface area contributed by atoms with E-state index in [4.69, 9.17) is 9.26 Å². The molecule has 7 nitrogen and oxygen atoms in total. The lowest BCUT2D eigenvalue weighted by molar-refractivity contribution is -0.121. The first kappa shape index (κ1) is 20.9. The Hall–Kier alpha value is -2.12.